The third-order valence-electron chi connectivity index (χ3n) is 6.32. The van der Waals surface area contributed by atoms with Gasteiger partial charge in [0.05, 0.1) is 5.52 Å². The Bertz CT molecular complexity index is 1110. The summed E-state index contributed by atoms with van der Waals surface area (Å²) in [5.74, 6) is 1.72. The number of imidazole rings is 1. The van der Waals surface area contributed by atoms with Crippen LogP contribution in [0, 0.1) is 6.92 Å². The lowest BCUT2D eigenvalue weighted by Crippen LogP contribution is -2.28. The van der Waals surface area contributed by atoms with Crippen LogP contribution >= 0.6 is 0 Å². The second-order valence-corrected chi connectivity index (χ2v) is 8.26. The van der Waals surface area contributed by atoms with Gasteiger partial charge in [-0.25, -0.2) is 4.98 Å². The summed E-state index contributed by atoms with van der Waals surface area (Å²) in [5.41, 5.74) is 6.11. The Hall–Kier alpha value is -2.82. The largest absolute Gasteiger partial charge is 0.483 e. The first kappa shape index (κ1) is 18.2. The molecule has 1 saturated carbocycles. The van der Waals surface area contributed by atoms with Gasteiger partial charge in [0, 0.05) is 24.2 Å². The average Bonchev–Trinajstić information content (AvgIpc) is 3.51. The summed E-state index contributed by atoms with van der Waals surface area (Å²) >= 11 is 0. The number of aryl methyl sites for hydroxylation is 3. The quantitative estimate of drug-likeness (QED) is 0.719. The van der Waals surface area contributed by atoms with Crippen molar-refractivity contribution in [3.05, 3.63) is 58.4 Å². The summed E-state index contributed by atoms with van der Waals surface area (Å²) in [6, 6.07) is 10.8. The molecule has 1 N–H and O–H groups in total. The lowest BCUT2D eigenvalue weighted by atomic mass is 9.90. The first-order valence-corrected chi connectivity index (χ1v) is 10.6. The molecular formula is C24H27N3O2. The van der Waals surface area contributed by atoms with Crippen LogP contribution in [0.25, 0.3) is 11.0 Å². The van der Waals surface area contributed by atoms with E-state index in [4.69, 9.17) is 9.72 Å². The van der Waals surface area contributed by atoms with Crippen molar-refractivity contribution in [3.8, 4) is 5.75 Å². The molecule has 1 aliphatic carbocycles. The molecule has 0 spiro atoms. The Morgan fingerprint density at radius 1 is 1.28 bits per heavy atom. The summed E-state index contributed by atoms with van der Waals surface area (Å²) in [5, 5.41) is 3.15. The van der Waals surface area contributed by atoms with E-state index in [1.54, 1.807) is 0 Å². The van der Waals surface area contributed by atoms with Gasteiger partial charge in [-0.05, 0) is 56.2 Å². The van der Waals surface area contributed by atoms with Gasteiger partial charge in [-0.15, -0.1) is 0 Å². The molecule has 1 amide bonds. The van der Waals surface area contributed by atoms with E-state index in [9.17, 15) is 4.79 Å². The fourth-order valence-corrected chi connectivity index (χ4v) is 4.38. The number of nitrogens with zero attached hydrogens (tertiary/aromatic N) is 2. The summed E-state index contributed by atoms with van der Waals surface area (Å²) in [6.07, 6.45) is 4.80. The van der Waals surface area contributed by atoms with E-state index in [-0.39, 0.29) is 12.0 Å². The van der Waals surface area contributed by atoms with E-state index >= 15 is 0 Å². The molecule has 2 heterocycles. The molecule has 1 atom stereocenters. The fourth-order valence-electron chi connectivity index (χ4n) is 4.38. The lowest BCUT2D eigenvalue weighted by Gasteiger charge is -2.29. The summed E-state index contributed by atoms with van der Waals surface area (Å²) in [6.45, 7) is 4.17. The molecule has 5 nitrogen and oxygen atoms in total. The minimum atomic E-state index is -0.00842. The van der Waals surface area contributed by atoms with Crippen LogP contribution in [0.15, 0.2) is 30.3 Å². The van der Waals surface area contributed by atoms with Gasteiger partial charge in [0.2, 0.25) is 0 Å². The van der Waals surface area contributed by atoms with E-state index in [1.807, 2.05) is 24.6 Å². The number of hydrogen-bond donors (Lipinski definition) is 1. The van der Waals surface area contributed by atoms with Crippen molar-refractivity contribution in [2.45, 2.75) is 58.1 Å². The van der Waals surface area contributed by atoms with Crippen LogP contribution in [-0.4, -0.2) is 21.5 Å². The van der Waals surface area contributed by atoms with Crippen molar-refractivity contribution in [2.75, 3.05) is 0 Å². The van der Waals surface area contributed by atoms with Crippen molar-refractivity contribution in [1.82, 2.24) is 14.9 Å². The summed E-state index contributed by atoms with van der Waals surface area (Å²) in [4.78, 5) is 17.8. The number of hydrogen-bond acceptors (Lipinski definition) is 3. The number of aromatic nitrogens is 2. The van der Waals surface area contributed by atoms with Gasteiger partial charge in [0.1, 0.15) is 17.4 Å². The molecule has 2 aliphatic rings. The average molecular weight is 389 g/mol. The molecular weight excluding hydrogens is 362 g/mol. The maximum absolute atomic E-state index is 13.0. The van der Waals surface area contributed by atoms with Crippen LogP contribution in [0.3, 0.4) is 0 Å². The Balaban J connectivity index is 1.63. The van der Waals surface area contributed by atoms with Gasteiger partial charge >= 0.3 is 0 Å². The summed E-state index contributed by atoms with van der Waals surface area (Å²) in [7, 11) is 1.99. The molecule has 1 aliphatic heterocycles. The van der Waals surface area contributed by atoms with Crippen LogP contribution in [0.4, 0.5) is 0 Å². The van der Waals surface area contributed by atoms with Crippen molar-refractivity contribution < 1.29 is 9.53 Å². The SMILES string of the molecule is CCc1ccccc1[C@@H]1CCc2c(C(=O)NC3CC3)cc3c(nc(C)n3C)c2O1. The zero-order valence-electron chi connectivity index (χ0n) is 17.3. The van der Waals surface area contributed by atoms with Crippen molar-refractivity contribution in [2.24, 2.45) is 7.05 Å². The lowest BCUT2D eigenvalue weighted by molar-refractivity contribution is 0.0947. The van der Waals surface area contributed by atoms with Gasteiger partial charge in [0.15, 0.2) is 5.75 Å². The normalized spacial score (nSPS) is 18.4. The molecule has 0 saturated heterocycles. The third-order valence-corrected chi connectivity index (χ3v) is 6.32. The predicted molar refractivity (Wildman–Crippen MR) is 113 cm³/mol. The Kier molecular flexibility index (Phi) is 4.34. The number of amides is 1. The van der Waals surface area contributed by atoms with Crippen LogP contribution < -0.4 is 10.1 Å². The molecule has 3 aromatic rings. The molecule has 0 bridgehead atoms. The molecule has 1 aromatic heterocycles. The summed E-state index contributed by atoms with van der Waals surface area (Å²) < 4.78 is 8.64. The van der Waals surface area contributed by atoms with Crippen LogP contribution in [-0.2, 0) is 19.9 Å². The Morgan fingerprint density at radius 3 is 2.83 bits per heavy atom. The third kappa shape index (κ3) is 3.09. The first-order valence-electron chi connectivity index (χ1n) is 10.6. The van der Waals surface area contributed by atoms with Gasteiger partial charge < -0.3 is 14.6 Å². The van der Waals surface area contributed by atoms with E-state index in [0.717, 1.165) is 65.8 Å². The molecule has 5 rings (SSSR count). The minimum absolute atomic E-state index is 0.00842. The van der Waals surface area contributed by atoms with E-state index in [0.29, 0.717) is 6.04 Å². The number of ether oxygens (including phenoxy) is 1. The monoisotopic (exact) mass is 389 g/mol. The number of carbonyl (C=O) groups excluding carboxylic acids is 1. The first-order chi connectivity index (χ1) is 14.1. The predicted octanol–water partition coefficient (Wildman–Crippen LogP) is 4.40. The fraction of sp³-hybridized carbons (Fsp3) is 0.417. The topological polar surface area (TPSA) is 56.2 Å². The van der Waals surface area contributed by atoms with E-state index in [2.05, 4.69) is 36.5 Å². The van der Waals surface area contributed by atoms with Gasteiger partial charge in [-0.1, -0.05) is 31.2 Å². The second-order valence-electron chi connectivity index (χ2n) is 8.26. The van der Waals surface area contributed by atoms with Crippen LogP contribution in [0.2, 0.25) is 0 Å². The molecule has 1 fully saturated rings. The van der Waals surface area contributed by atoms with Gasteiger partial charge in [-0.2, -0.15) is 0 Å². The standard InChI is InChI=1S/C24H27N3O2/c1-4-15-7-5-6-8-17(15)21-12-11-18-19(24(28)26-16-9-10-16)13-20-22(23(18)29-21)25-14(2)27(20)3/h5-8,13,16,21H,4,9-12H2,1-3H3,(H,26,28)/t21-/m0/s1. The maximum Gasteiger partial charge on any atom is 0.251 e. The van der Waals surface area contributed by atoms with Crippen molar-refractivity contribution >= 4 is 16.9 Å². The highest BCUT2D eigenvalue weighted by Gasteiger charge is 2.32. The Morgan fingerprint density at radius 2 is 2.07 bits per heavy atom. The highest BCUT2D eigenvalue weighted by Crippen LogP contribution is 2.42. The molecule has 2 aromatic carbocycles. The molecule has 0 radical (unpaired) electrons. The highest BCUT2D eigenvalue weighted by atomic mass is 16.5. The van der Waals surface area contributed by atoms with Crippen LogP contribution in [0.1, 0.15) is 65.2 Å². The second kappa shape index (κ2) is 6.90. The maximum atomic E-state index is 13.0. The molecule has 5 heteroatoms. The van der Waals surface area contributed by atoms with E-state index in [1.165, 1.54) is 11.1 Å². The number of fused-ring (bicyclic) bond motifs is 3. The van der Waals surface area contributed by atoms with Gasteiger partial charge in [-0.3, -0.25) is 4.79 Å². The zero-order valence-corrected chi connectivity index (χ0v) is 17.3. The molecule has 150 valence electrons. The molecule has 29 heavy (non-hydrogen) atoms. The van der Waals surface area contributed by atoms with Crippen molar-refractivity contribution in [1.29, 1.82) is 0 Å². The number of carbonyl (C=O) groups is 1. The minimum Gasteiger partial charge on any atom is -0.483 e. The highest BCUT2D eigenvalue weighted by molar-refractivity contribution is 6.02. The zero-order chi connectivity index (χ0) is 20.1. The smallest absolute Gasteiger partial charge is 0.251 e. The number of benzene rings is 2. The van der Waals surface area contributed by atoms with Crippen LogP contribution in [0.5, 0.6) is 5.75 Å². The van der Waals surface area contributed by atoms with Crippen molar-refractivity contribution in [3.63, 3.8) is 0 Å². The Labute approximate surface area is 171 Å². The number of nitrogens with one attached hydrogen (secondary N) is 1. The molecule has 0 unspecified atom stereocenters. The number of rotatable bonds is 4. The van der Waals surface area contributed by atoms with Gasteiger partial charge in [0.25, 0.3) is 5.91 Å². The van der Waals surface area contributed by atoms with E-state index < -0.39 is 0 Å².